The highest BCUT2D eigenvalue weighted by Gasteiger charge is 2.21. The van der Waals surface area contributed by atoms with Gasteiger partial charge in [0.25, 0.3) is 5.69 Å². The van der Waals surface area contributed by atoms with Crippen molar-refractivity contribution in [3.8, 4) is 0 Å². The number of halogens is 2. The van der Waals surface area contributed by atoms with E-state index in [1.54, 1.807) is 0 Å². The first-order valence-electron chi connectivity index (χ1n) is 5.43. The molecule has 19 heavy (non-hydrogen) atoms. The van der Waals surface area contributed by atoms with E-state index in [0.717, 1.165) is 6.07 Å². The number of aliphatic carboxylic acids is 1. The Balaban J connectivity index is 2.85. The summed E-state index contributed by atoms with van der Waals surface area (Å²) >= 11 is 0. The van der Waals surface area contributed by atoms with Gasteiger partial charge < -0.3 is 10.4 Å². The summed E-state index contributed by atoms with van der Waals surface area (Å²) in [6, 6.07) is 1.51. The Kier molecular flexibility index (Phi) is 4.74. The third-order valence-electron chi connectivity index (χ3n) is 2.57. The van der Waals surface area contributed by atoms with Crippen molar-refractivity contribution in [3.05, 3.63) is 33.9 Å². The van der Waals surface area contributed by atoms with Crippen LogP contribution in [0.5, 0.6) is 0 Å². The highest BCUT2D eigenvalue weighted by molar-refractivity contribution is 5.69. The van der Waals surface area contributed by atoms with Crippen LogP contribution in [0.25, 0.3) is 0 Å². The van der Waals surface area contributed by atoms with Crippen LogP contribution < -0.4 is 5.32 Å². The Labute approximate surface area is 107 Å². The molecular formula is C11H12F2N2O4. The monoisotopic (exact) mass is 274 g/mol. The predicted molar refractivity (Wildman–Crippen MR) is 62.9 cm³/mol. The van der Waals surface area contributed by atoms with Gasteiger partial charge in [-0.2, -0.15) is 0 Å². The summed E-state index contributed by atoms with van der Waals surface area (Å²) in [7, 11) is 0. The number of anilines is 1. The zero-order chi connectivity index (χ0) is 14.6. The van der Waals surface area contributed by atoms with Crippen LogP contribution in [0.3, 0.4) is 0 Å². The molecule has 104 valence electrons. The molecule has 0 saturated carbocycles. The van der Waals surface area contributed by atoms with Crippen molar-refractivity contribution in [2.45, 2.75) is 13.3 Å². The maximum Gasteiger partial charge on any atom is 0.306 e. The van der Waals surface area contributed by atoms with Crippen LogP contribution >= 0.6 is 0 Å². The summed E-state index contributed by atoms with van der Waals surface area (Å²) in [5, 5.41) is 21.7. The van der Waals surface area contributed by atoms with E-state index in [4.69, 9.17) is 5.11 Å². The third-order valence-corrected chi connectivity index (χ3v) is 2.57. The van der Waals surface area contributed by atoms with E-state index in [1.807, 2.05) is 0 Å². The molecule has 0 heterocycles. The molecule has 0 aliphatic rings. The number of hydrogen-bond acceptors (Lipinski definition) is 4. The van der Waals surface area contributed by atoms with Gasteiger partial charge in [-0.15, -0.1) is 0 Å². The minimum atomic E-state index is -1.35. The van der Waals surface area contributed by atoms with Gasteiger partial charge >= 0.3 is 5.97 Å². The van der Waals surface area contributed by atoms with E-state index >= 15 is 0 Å². The van der Waals surface area contributed by atoms with Gasteiger partial charge in [0.05, 0.1) is 10.8 Å². The van der Waals surface area contributed by atoms with E-state index < -0.39 is 39.8 Å². The molecule has 0 spiro atoms. The van der Waals surface area contributed by atoms with Crippen LogP contribution in [0.1, 0.15) is 13.3 Å². The molecule has 1 atom stereocenters. The Hall–Kier alpha value is -2.25. The van der Waals surface area contributed by atoms with Crippen LogP contribution in [-0.4, -0.2) is 22.5 Å². The van der Waals surface area contributed by atoms with Gasteiger partial charge in [0, 0.05) is 12.6 Å². The molecular weight excluding hydrogens is 262 g/mol. The molecule has 1 rings (SSSR count). The SMILES string of the molecule is CC(CCNc1c([N+](=O)[O-])ccc(F)c1F)C(=O)O. The maximum atomic E-state index is 13.4. The standard InChI is InChI=1S/C11H12F2N2O4/c1-6(11(16)17)4-5-14-10-8(15(18)19)3-2-7(12)9(10)13/h2-3,6,14H,4-5H2,1H3,(H,16,17). The van der Waals surface area contributed by atoms with Crippen LogP contribution in [0.4, 0.5) is 20.2 Å². The average Bonchev–Trinajstić information content (AvgIpc) is 2.33. The predicted octanol–water partition coefficient (Wildman–Crippen LogP) is 2.40. The molecule has 0 aliphatic carbocycles. The van der Waals surface area contributed by atoms with Gasteiger partial charge in [-0.1, -0.05) is 6.92 Å². The highest BCUT2D eigenvalue weighted by Crippen LogP contribution is 2.29. The molecule has 6 nitrogen and oxygen atoms in total. The van der Waals surface area contributed by atoms with Gasteiger partial charge in [-0.05, 0) is 12.5 Å². The number of nitro benzene ring substituents is 1. The average molecular weight is 274 g/mol. The lowest BCUT2D eigenvalue weighted by Crippen LogP contribution is -2.15. The van der Waals surface area contributed by atoms with E-state index in [9.17, 15) is 23.7 Å². The molecule has 8 heteroatoms. The summed E-state index contributed by atoms with van der Waals surface area (Å²) in [6.45, 7) is 1.43. The van der Waals surface area contributed by atoms with E-state index in [1.165, 1.54) is 6.92 Å². The number of benzene rings is 1. The number of carboxylic acids is 1. The molecule has 0 amide bonds. The van der Waals surface area contributed by atoms with Gasteiger partial charge in [0.15, 0.2) is 17.3 Å². The first-order chi connectivity index (χ1) is 8.84. The molecule has 2 N–H and O–H groups in total. The van der Waals surface area contributed by atoms with E-state index in [2.05, 4.69) is 5.32 Å². The topological polar surface area (TPSA) is 92.5 Å². The van der Waals surface area contributed by atoms with Crippen LogP contribution in [0.15, 0.2) is 12.1 Å². The van der Waals surface area contributed by atoms with Crippen molar-refractivity contribution < 1.29 is 23.6 Å². The molecule has 0 fully saturated rings. The highest BCUT2D eigenvalue weighted by atomic mass is 19.2. The number of hydrogen-bond donors (Lipinski definition) is 2. The quantitative estimate of drug-likeness (QED) is 0.613. The second-order valence-electron chi connectivity index (χ2n) is 3.97. The molecule has 0 radical (unpaired) electrons. The number of carbonyl (C=O) groups is 1. The Morgan fingerprint density at radius 2 is 2.16 bits per heavy atom. The lowest BCUT2D eigenvalue weighted by atomic mass is 10.1. The first-order valence-corrected chi connectivity index (χ1v) is 5.43. The van der Waals surface area contributed by atoms with Crippen LogP contribution in [-0.2, 0) is 4.79 Å². The van der Waals surface area contributed by atoms with Gasteiger partial charge in [0.1, 0.15) is 0 Å². The Morgan fingerprint density at radius 3 is 2.68 bits per heavy atom. The van der Waals surface area contributed by atoms with Crippen molar-refractivity contribution in [1.29, 1.82) is 0 Å². The number of nitrogens with zero attached hydrogens (tertiary/aromatic N) is 1. The molecule has 0 aromatic heterocycles. The second kappa shape index (κ2) is 6.07. The number of rotatable bonds is 6. The van der Waals surface area contributed by atoms with Crippen LogP contribution in [0.2, 0.25) is 0 Å². The minimum Gasteiger partial charge on any atom is -0.481 e. The zero-order valence-corrected chi connectivity index (χ0v) is 10.0. The largest absolute Gasteiger partial charge is 0.481 e. The molecule has 1 unspecified atom stereocenters. The Bertz CT molecular complexity index is 508. The lowest BCUT2D eigenvalue weighted by Gasteiger charge is -2.10. The zero-order valence-electron chi connectivity index (χ0n) is 10.0. The molecule has 0 aliphatic heterocycles. The second-order valence-corrected chi connectivity index (χ2v) is 3.97. The summed E-state index contributed by atoms with van der Waals surface area (Å²) in [5.74, 6) is -4.28. The van der Waals surface area contributed by atoms with Crippen LogP contribution in [0, 0.1) is 27.7 Å². The summed E-state index contributed by atoms with van der Waals surface area (Å²) in [4.78, 5) is 20.4. The van der Waals surface area contributed by atoms with Gasteiger partial charge in [-0.25, -0.2) is 8.78 Å². The fourth-order valence-corrected chi connectivity index (χ4v) is 1.40. The van der Waals surface area contributed by atoms with Gasteiger partial charge in [-0.3, -0.25) is 14.9 Å². The number of carboxylic acid groups (broad SMARTS) is 1. The van der Waals surface area contributed by atoms with E-state index in [0.29, 0.717) is 6.07 Å². The summed E-state index contributed by atoms with van der Waals surface area (Å²) in [6.07, 6.45) is 0.127. The van der Waals surface area contributed by atoms with Crippen molar-refractivity contribution in [2.24, 2.45) is 5.92 Å². The minimum absolute atomic E-state index is 0.0192. The summed E-state index contributed by atoms with van der Waals surface area (Å²) in [5.41, 5.74) is -1.16. The first kappa shape index (κ1) is 14.8. The third kappa shape index (κ3) is 3.60. The van der Waals surface area contributed by atoms with Gasteiger partial charge in [0.2, 0.25) is 0 Å². The number of nitrogens with one attached hydrogen (secondary N) is 1. The fraction of sp³-hybridized carbons (Fsp3) is 0.364. The lowest BCUT2D eigenvalue weighted by molar-refractivity contribution is -0.384. The normalized spacial score (nSPS) is 11.9. The van der Waals surface area contributed by atoms with Crippen molar-refractivity contribution in [3.63, 3.8) is 0 Å². The van der Waals surface area contributed by atoms with Crippen molar-refractivity contribution in [2.75, 3.05) is 11.9 Å². The Morgan fingerprint density at radius 1 is 1.53 bits per heavy atom. The smallest absolute Gasteiger partial charge is 0.306 e. The van der Waals surface area contributed by atoms with E-state index in [-0.39, 0.29) is 13.0 Å². The molecule has 1 aromatic rings. The number of nitro groups is 1. The summed E-state index contributed by atoms with van der Waals surface area (Å²) < 4.78 is 26.5. The molecule has 0 bridgehead atoms. The van der Waals surface area contributed by atoms with Crippen molar-refractivity contribution in [1.82, 2.24) is 0 Å². The maximum absolute atomic E-state index is 13.4. The fourth-order valence-electron chi connectivity index (χ4n) is 1.40. The molecule has 1 aromatic carbocycles. The van der Waals surface area contributed by atoms with Crippen molar-refractivity contribution >= 4 is 17.3 Å². The molecule has 0 saturated heterocycles.